The van der Waals surface area contributed by atoms with E-state index >= 15 is 0 Å². The Hall–Kier alpha value is -2.24. The summed E-state index contributed by atoms with van der Waals surface area (Å²) in [6.45, 7) is 1.80. The van der Waals surface area contributed by atoms with E-state index < -0.39 is 6.04 Å². The molecule has 1 unspecified atom stereocenters. The largest absolute Gasteiger partial charge is 0.494 e. The predicted octanol–water partition coefficient (Wildman–Crippen LogP) is 1.28. The number of rotatable bonds is 3. The molecule has 0 aliphatic carbocycles. The second-order valence-corrected chi connectivity index (χ2v) is 4.58. The molecule has 0 saturated carbocycles. The van der Waals surface area contributed by atoms with E-state index in [0.29, 0.717) is 17.2 Å². The van der Waals surface area contributed by atoms with E-state index in [2.05, 4.69) is 4.98 Å². The van der Waals surface area contributed by atoms with Crippen molar-refractivity contribution in [1.82, 2.24) is 14.5 Å². The molecule has 19 heavy (non-hydrogen) atoms. The van der Waals surface area contributed by atoms with Gasteiger partial charge in [-0.15, -0.1) is 0 Å². The maximum Gasteiger partial charge on any atom is 0.244 e. The Kier molecular flexibility index (Phi) is 3.33. The third-order valence-electron chi connectivity index (χ3n) is 3.12. The van der Waals surface area contributed by atoms with Crippen molar-refractivity contribution in [2.24, 2.45) is 0 Å². The summed E-state index contributed by atoms with van der Waals surface area (Å²) in [5.74, 6) is 0.920. The molecule has 0 bridgehead atoms. The van der Waals surface area contributed by atoms with Crippen LogP contribution in [0.1, 0.15) is 13.0 Å². The minimum absolute atomic E-state index is 0.0335. The van der Waals surface area contributed by atoms with Crippen LogP contribution >= 0.6 is 0 Å². The fraction of sp³-hybridized carbons (Fsp3) is 0.385. The van der Waals surface area contributed by atoms with Crippen LogP contribution in [0, 0.1) is 0 Å². The SMILES string of the molecule is COc1cccc2c1nc(N)n2C(C)C(=O)N(C)C. The lowest BCUT2D eigenvalue weighted by Crippen LogP contribution is -2.30. The Morgan fingerprint density at radius 1 is 1.47 bits per heavy atom. The number of hydrogen-bond acceptors (Lipinski definition) is 4. The highest BCUT2D eigenvalue weighted by Gasteiger charge is 2.22. The van der Waals surface area contributed by atoms with Crippen LogP contribution in [-0.4, -0.2) is 41.6 Å². The maximum atomic E-state index is 12.1. The van der Waals surface area contributed by atoms with E-state index in [1.807, 2.05) is 18.2 Å². The van der Waals surface area contributed by atoms with Gasteiger partial charge in [-0.25, -0.2) is 4.98 Å². The van der Waals surface area contributed by atoms with E-state index in [1.54, 1.807) is 32.7 Å². The average molecular weight is 262 g/mol. The van der Waals surface area contributed by atoms with E-state index in [9.17, 15) is 4.79 Å². The molecular formula is C13H18N4O2. The van der Waals surface area contributed by atoms with Crippen LogP contribution in [0.15, 0.2) is 18.2 Å². The summed E-state index contributed by atoms with van der Waals surface area (Å²) in [6.07, 6.45) is 0. The molecular weight excluding hydrogens is 244 g/mol. The number of benzene rings is 1. The van der Waals surface area contributed by atoms with Crippen molar-refractivity contribution in [2.75, 3.05) is 26.9 Å². The molecule has 0 saturated heterocycles. The summed E-state index contributed by atoms with van der Waals surface area (Å²) in [7, 11) is 5.02. The zero-order chi connectivity index (χ0) is 14.2. The summed E-state index contributed by atoms with van der Waals surface area (Å²) < 4.78 is 6.98. The van der Waals surface area contributed by atoms with Gasteiger partial charge in [0.05, 0.1) is 12.6 Å². The molecule has 1 heterocycles. The molecule has 0 aliphatic heterocycles. The van der Waals surface area contributed by atoms with E-state index in [4.69, 9.17) is 10.5 Å². The number of para-hydroxylation sites is 1. The summed E-state index contributed by atoms with van der Waals surface area (Å²) >= 11 is 0. The second kappa shape index (κ2) is 4.79. The van der Waals surface area contributed by atoms with Crippen LogP contribution in [0.5, 0.6) is 5.75 Å². The van der Waals surface area contributed by atoms with Crippen LogP contribution < -0.4 is 10.5 Å². The van der Waals surface area contributed by atoms with Gasteiger partial charge in [-0.3, -0.25) is 9.36 Å². The number of aromatic nitrogens is 2. The van der Waals surface area contributed by atoms with Crippen LogP contribution in [0.2, 0.25) is 0 Å². The van der Waals surface area contributed by atoms with Crippen molar-refractivity contribution in [3.63, 3.8) is 0 Å². The molecule has 1 amide bonds. The first-order chi connectivity index (χ1) is 8.97. The fourth-order valence-corrected chi connectivity index (χ4v) is 2.17. The highest BCUT2D eigenvalue weighted by molar-refractivity contribution is 5.88. The molecule has 102 valence electrons. The Bertz CT molecular complexity index is 618. The van der Waals surface area contributed by atoms with Crippen LogP contribution in [0.4, 0.5) is 5.95 Å². The van der Waals surface area contributed by atoms with E-state index in [0.717, 1.165) is 5.52 Å². The Labute approximate surface area is 111 Å². The van der Waals surface area contributed by atoms with Gasteiger partial charge >= 0.3 is 0 Å². The monoisotopic (exact) mass is 262 g/mol. The molecule has 1 aromatic carbocycles. The standard InChI is InChI=1S/C13H18N4O2/c1-8(12(18)16(2)3)17-9-6-5-7-10(19-4)11(9)15-13(17)14/h5-8H,1-4H3,(H2,14,15). The number of ether oxygens (including phenoxy) is 1. The van der Waals surface area contributed by atoms with Gasteiger partial charge in [0, 0.05) is 14.1 Å². The Morgan fingerprint density at radius 2 is 2.16 bits per heavy atom. The molecule has 1 aromatic heterocycles. The molecule has 0 aliphatic rings. The quantitative estimate of drug-likeness (QED) is 0.904. The first-order valence-corrected chi connectivity index (χ1v) is 5.99. The third kappa shape index (κ3) is 2.09. The number of carbonyl (C=O) groups is 1. The minimum atomic E-state index is -0.410. The van der Waals surface area contributed by atoms with Gasteiger partial charge in [0.1, 0.15) is 17.3 Å². The average Bonchev–Trinajstić information content (AvgIpc) is 2.72. The van der Waals surface area contributed by atoms with Crippen LogP contribution in [-0.2, 0) is 4.79 Å². The molecule has 0 radical (unpaired) electrons. The first-order valence-electron chi connectivity index (χ1n) is 5.99. The summed E-state index contributed by atoms with van der Waals surface area (Å²) in [6, 6.07) is 5.14. The van der Waals surface area contributed by atoms with Gasteiger partial charge in [0.15, 0.2) is 0 Å². The zero-order valence-corrected chi connectivity index (χ0v) is 11.5. The fourth-order valence-electron chi connectivity index (χ4n) is 2.17. The number of nitrogens with two attached hydrogens (primary N) is 1. The van der Waals surface area contributed by atoms with Gasteiger partial charge in [-0.1, -0.05) is 6.07 Å². The normalized spacial score (nSPS) is 12.4. The number of methoxy groups -OCH3 is 1. The second-order valence-electron chi connectivity index (χ2n) is 4.58. The van der Waals surface area contributed by atoms with Gasteiger partial charge in [-0.05, 0) is 19.1 Å². The van der Waals surface area contributed by atoms with Gasteiger partial charge < -0.3 is 15.4 Å². The number of hydrogen-bond donors (Lipinski definition) is 1. The van der Waals surface area contributed by atoms with Crippen molar-refractivity contribution in [3.8, 4) is 5.75 Å². The lowest BCUT2D eigenvalue weighted by atomic mass is 10.2. The van der Waals surface area contributed by atoms with Crippen molar-refractivity contribution in [3.05, 3.63) is 18.2 Å². The number of nitrogen functional groups attached to an aromatic ring is 1. The van der Waals surface area contributed by atoms with Gasteiger partial charge in [0.25, 0.3) is 0 Å². The first kappa shape index (κ1) is 13.2. The van der Waals surface area contributed by atoms with Crippen LogP contribution in [0.25, 0.3) is 11.0 Å². The minimum Gasteiger partial charge on any atom is -0.494 e. The summed E-state index contributed by atoms with van der Waals surface area (Å²) in [5, 5.41) is 0. The van der Waals surface area contributed by atoms with E-state index in [1.165, 1.54) is 4.90 Å². The number of fused-ring (bicyclic) bond motifs is 1. The highest BCUT2D eigenvalue weighted by atomic mass is 16.5. The number of amides is 1. The summed E-state index contributed by atoms with van der Waals surface area (Å²) in [4.78, 5) is 17.9. The van der Waals surface area contributed by atoms with Crippen molar-refractivity contribution >= 4 is 22.9 Å². The molecule has 2 rings (SSSR count). The lowest BCUT2D eigenvalue weighted by Gasteiger charge is -2.19. The summed E-state index contributed by atoms with van der Waals surface area (Å²) in [5.41, 5.74) is 7.40. The molecule has 2 N–H and O–H groups in total. The number of imidazole rings is 1. The topological polar surface area (TPSA) is 73.4 Å². The van der Waals surface area contributed by atoms with Crippen molar-refractivity contribution < 1.29 is 9.53 Å². The highest BCUT2D eigenvalue weighted by Crippen LogP contribution is 2.29. The van der Waals surface area contributed by atoms with Crippen LogP contribution in [0.3, 0.4) is 0 Å². The van der Waals surface area contributed by atoms with Gasteiger partial charge in [-0.2, -0.15) is 0 Å². The van der Waals surface area contributed by atoms with Crippen molar-refractivity contribution in [2.45, 2.75) is 13.0 Å². The third-order valence-corrected chi connectivity index (χ3v) is 3.12. The number of likely N-dealkylation sites (N-methyl/N-ethyl adjacent to an activating group) is 1. The molecule has 2 aromatic rings. The molecule has 1 atom stereocenters. The molecule has 6 heteroatoms. The lowest BCUT2D eigenvalue weighted by molar-refractivity contribution is -0.131. The number of carbonyl (C=O) groups excluding carboxylic acids is 1. The number of anilines is 1. The number of nitrogens with zero attached hydrogens (tertiary/aromatic N) is 3. The van der Waals surface area contributed by atoms with Crippen molar-refractivity contribution in [1.29, 1.82) is 0 Å². The molecule has 6 nitrogen and oxygen atoms in total. The predicted molar refractivity (Wildman–Crippen MR) is 74.1 cm³/mol. The maximum absolute atomic E-state index is 12.1. The smallest absolute Gasteiger partial charge is 0.244 e. The zero-order valence-electron chi connectivity index (χ0n) is 11.5. The van der Waals surface area contributed by atoms with E-state index in [-0.39, 0.29) is 5.91 Å². The van der Waals surface area contributed by atoms with Gasteiger partial charge in [0.2, 0.25) is 11.9 Å². The molecule has 0 fully saturated rings. The Morgan fingerprint density at radius 3 is 2.74 bits per heavy atom. The Balaban J connectivity index is 2.61. The molecule has 0 spiro atoms.